The molecule has 3 aromatic rings. The van der Waals surface area contributed by atoms with Gasteiger partial charge in [0.1, 0.15) is 0 Å². The molecule has 0 radical (unpaired) electrons. The second-order valence-corrected chi connectivity index (χ2v) is 4.72. The van der Waals surface area contributed by atoms with Crippen LogP contribution in [-0.2, 0) is 6.54 Å². The summed E-state index contributed by atoms with van der Waals surface area (Å²) in [6.45, 7) is 0.319. The Kier molecular flexibility index (Phi) is 5.50. The van der Waals surface area contributed by atoms with Gasteiger partial charge in [0.25, 0.3) is 5.56 Å². The van der Waals surface area contributed by atoms with Crippen LogP contribution in [0.3, 0.4) is 0 Å². The maximum absolute atomic E-state index is 11.8. The summed E-state index contributed by atoms with van der Waals surface area (Å²) >= 11 is 0. The van der Waals surface area contributed by atoms with Crippen LogP contribution in [0.4, 0.5) is 11.6 Å². The number of nitrogens with two attached hydrogens (primary N) is 1. The molecule has 24 heavy (non-hydrogen) atoms. The van der Waals surface area contributed by atoms with Crippen LogP contribution in [0.2, 0.25) is 0 Å². The third-order valence-electron chi connectivity index (χ3n) is 3.09. The molecule has 2 aromatic heterocycles. The summed E-state index contributed by atoms with van der Waals surface area (Å²) in [6.07, 6.45) is 1.49. The fourth-order valence-corrected chi connectivity index (χ4v) is 1.98. The van der Waals surface area contributed by atoms with E-state index in [1.165, 1.54) is 18.3 Å². The van der Waals surface area contributed by atoms with Gasteiger partial charge in [0, 0.05) is 5.69 Å². The Balaban J connectivity index is 0.00000156. The molecule has 0 saturated carbocycles. The van der Waals surface area contributed by atoms with Crippen molar-refractivity contribution >= 4 is 28.8 Å². The number of hydrogen-bond acceptors (Lipinski definition) is 7. The molecule has 0 aliphatic carbocycles. The summed E-state index contributed by atoms with van der Waals surface area (Å²) in [4.78, 5) is 37.1. The Hall–Kier alpha value is -2.49. The van der Waals surface area contributed by atoms with Crippen molar-refractivity contribution in [2.75, 3.05) is 11.1 Å². The van der Waals surface area contributed by atoms with Gasteiger partial charge in [-0.2, -0.15) is 4.98 Å². The predicted molar refractivity (Wildman–Crippen MR) is 84.2 cm³/mol. The molecule has 1 aromatic carbocycles. The van der Waals surface area contributed by atoms with E-state index < -0.39 is 11.5 Å². The Morgan fingerprint density at radius 2 is 2.00 bits per heavy atom. The van der Waals surface area contributed by atoms with Crippen molar-refractivity contribution in [2.24, 2.45) is 0 Å². The van der Waals surface area contributed by atoms with Crippen molar-refractivity contribution in [1.82, 2.24) is 19.9 Å². The fourth-order valence-electron chi connectivity index (χ4n) is 1.98. The van der Waals surface area contributed by atoms with E-state index in [4.69, 9.17) is 10.8 Å². The summed E-state index contributed by atoms with van der Waals surface area (Å²) in [6, 6.07) is 6.28. The molecule has 3 rings (SSSR count). The molecule has 0 unspecified atom stereocenters. The van der Waals surface area contributed by atoms with Gasteiger partial charge in [0.2, 0.25) is 5.95 Å². The van der Waals surface area contributed by atoms with Crippen LogP contribution in [0.15, 0.2) is 35.3 Å². The maximum Gasteiger partial charge on any atom is 1.00 e. The molecule has 0 atom stereocenters. The number of aromatic nitrogens is 4. The van der Waals surface area contributed by atoms with Crippen molar-refractivity contribution < 1.29 is 40.9 Å². The van der Waals surface area contributed by atoms with Gasteiger partial charge in [-0.05, 0) is 24.3 Å². The number of rotatable bonds is 4. The second-order valence-electron chi connectivity index (χ2n) is 4.72. The van der Waals surface area contributed by atoms with Gasteiger partial charge in [0.15, 0.2) is 11.2 Å². The van der Waals surface area contributed by atoms with Gasteiger partial charge in [-0.1, -0.05) is 0 Å². The van der Waals surface area contributed by atoms with Crippen LogP contribution in [-0.4, -0.2) is 31.0 Å². The molecular weight excluding hydrogens is 323 g/mol. The van der Waals surface area contributed by atoms with Crippen LogP contribution in [0, 0.1) is 0 Å². The van der Waals surface area contributed by atoms with Crippen molar-refractivity contribution in [3.8, 4) is 0 Å². The van der Waals surface area contributed by atoms with Crippen molar-refractivity contribution in [3.63, 3.8) is 0 Å². The largest absolute Gasteiger partial charge is 1.00 e. The molecule has 2 heterocycles. The monoisotopic (exact) mass is 336 g/mol. The molecule has 118 valence electrons. The zero-order valence-corrected chi connectivity index (χ0v) is 14.8. The number of aromatic carboxylic acids is 1. The van der Waals surface area contributed by atoms with Crippen LogP contribution < -0.4 is 46.2 Å². The number of carboxylic acid groups (broad SMARTS) is 1. The minimum atomic E-state index is -0.983. The number of anilines is 2. The summed E-state index contributed by atoms with van der Waals surface area (Å²) < 4.78 is 0. The average molecular weight is 336 g/mol. The molecule has 9 nitrogen and oxygen atoms in total. The minimum Gasteiger partial charge on any atom is -1.00 e. The van der Waals surface area contributed by atoms with Crippen LogP contribution in [0.5, 0.6) is 0 Å². The van der Waals surface area contributed by atoms with Gasteiger partial charge in [-0.25, -0.2) is 14.8 Å². The van der Waals surface area contributed by atoms with E-state index in [1.807, 2.05) is 0 Å². The van der Waals surface area contributed by atoms with E-state index in [9.17, 15) is 9.59 Å². The Morgan fingerprint density at radius 3 is 2.67 bits per heavy atom. The second kappa shape index (κ2) is 7.39. The third kappa shape index (κ3) is 3.88. The smallest absolute Gasteiger partial charge is 1.00 e. The number of aromatic amines is 1. The number of hydrogen-bond donors (Lipinski definition) is 4. The number of H-pyrrole nitrogens is 1. The molecule has 0 fully saturated rings. The van der Waals surface area contributed by atoms with Crippen LogP contribution in [0.25, 0.3) is 11.2 Å². The van der Waals surface area contributed by atoms with E-state index in [-0.39, 0.29) is 53.7 Å². The molecule has 0 aliphatic rings. The number of nitrogens with zero attached hydrogens (tertiary/aromatic N) is 3. The maximum atomic E-state index is 11.8. The van der Waals surface area contributed by atoms with Gasteiger partial charge < -0.3 is 17.6 Å². The van der Waals surface area contributed by atoms with Crippen molar-refractivity contribution in [1.29, 1.82) is 0 Å². The fraction of sp³-hybridized carbons (Fsp3) is 0.0714. The number of nitrogens with one attached hydrogen (secondary N) is 2. The first-order valence-corrected chi connectivity index (χ1v) is 6.61. The Morgan fingerprint density at radius 1 is 1.29 bits per heavy atom. The molecule has 5 N–H and O–H groups in total. The number of fused-ring (bicyclic) bond motifs is 1. The average Bonchev–Trinajstić information content (AvgIpc) is 2.53. The van der Waals surface area contributed by atoms with E-state index >= 15 is 0 Å². The normalized spacial score (nSPS) is 10.2. The van der Waals surface area contributed by atoms with Gasteiger partial charge in [0.05, 0.1) is 24.0 Å². The standard InChI is InChI=1S/C14H12N6O3.Na.H/c15-14-19-11-10(12(21)20-14)18-9(6-17-11)5-16-8-3-1-7(2-4-8)13(22)23;;/h1-4,6,16H,5H2,(H,22,23)(H3,15,17,19,20,21);;/q;+1;-1. The molecular formula is C14H13N6NaO3. The zero-order chi connectivity index (χ0) is 16.4. The molecule has 0 amide bonds. The topological polar surface area (TPSA) is 147 Å². The van der Waals surface area contributed by atoms with Gasteiger partial charge in [-0.3, -0.25) is 9.78 Å². The number of nitrogen functional groups attached to an aromatic ring is 1. The third-order valence-corrected chi connectivity index (χ3v) is 3.09. The molecule has 0 bridgehead atoms. The molecule has 10 heteroatoms. The molecule has 0 aliphatic heterocycles. The molecule has 0 saturated heterocycles. The Bertz CT molecular complexity index is 947. The molecule has 0 spiro atoms. The summed E-state index contributed by atoms with van der Waals surface area (Å²) in [7, 11) is 0. The predicted octanol–water partition coefficient (Wildman–Crippen LogP) is -2.28. The minimum absolute atomic E-state index is 0. The quantitative estimate of drug-likeness (QED) is 0.390. The number of benzene rings is 1. The van der Waals surface area contributed by atoms with Gasteiger partial charge in [-0.15, -0.1) is 0 Å². The first-order valence-electron chi connectivity index (χ1n) is 6.61. The number of carboxylic acids is 1. The van der Waals surface area contributed by atoms with Crippen LogP contribution >= 0.6 is 0 Å². The first kappa shape index (κ1) is 17.9. The summed E-state index contributed by atoms with van der Waals surface area (Å²) in [5.74, 6) is -0.996. The van der Waals surface area contributed by atoms with E-state index in [0.717, 1.165) is 5.69 Å². The SMILES string of the molecule is Nc1nc2ncc(CNc3ccc(C(=O)O)cc3)nc2c(=O)[nH]1.[H-].[Na+]. The van der Waals surface area contributed by atoms with Crippen LogP contribution in [0.1, 0.15) is 17.5 Å². The Labute approximate surface area is 159 Å². The van der Waals surface area contributed by atoms with E-state index in [2.05, 4.69) is 25.3 Å². The van der Waals surface area contributed by atoms with Crippen molar-refractivity contribution in [2.45, 2.75) is 6.54 Å². The number of carbonyl (C=O) groups is 1. The van der Waals surface area contributed by atoms with E-state index in [0.29, 0.717) is 12.2 Å². The summed E-state index contributed by atoms with van der Waals surface area (Å²) in [5, 5.41) is 11.9. The van der Waals surface area contributed by atoms with E-state index in [1.54, 1.807) is 12.1 Å². The summed E-state index contributed by atoms with van der Waals surface area (Å²) in [5.41, 5.74) is 6.75. The first-order chi connectivity index (χ1) is 11.0. The van der Waals surface area contributed by atoms with Gasteiger partial charge >= 0.3 is 35.5 Å². The zero-order valence-electron chi connectivity index (χ0n) is 13.8. The van der Waals surface area contributed by atoms with Crippen molar-refractivity contribution in [3.05, 3.63) is 52.1 Å².